The van der Waals surface area contributed by atoms with E-state index in [1.54, 1.807) is 36.4 Å². The number of hydrogen-bond acceptors (Lipinski definition) is 4. The number of carbonyl (C=O) groups is 2. The van der Waals surface area contributed by atoms with Crippen LogP contribution in [0.3, 0.4) is 0 Å². The Morgan fingerprint density at radius 1 is 1.09 bits per heavy atom. The van der Waals surface area contributed by atoms with Crippen LogP contribution in [0.15, 0.2) is 66.7 Å². The van der Waals surface area contributed by atoms with Crippen molar-refractivity contribution in [1.82, 2.24) is 4.90 Å². The summed E-state index contributed by atoms with van der Waals surface area (Å²) < 4.78 is 33.7. The van der Waals surface area contributed by atoms with E-state index >= 15 is 0 Å². The lowest BCUT2D eigenvalue weighted by Crippen LogP contribution is -2.50. The Morgan fingerprint density at radius 2 is 1.91 bits per heavy atom. The average Bonchev–Trinajstić information content (AvgIpc) is 3.36. The first-order valence-electron chi connectivity index (χ1n) is 10.4. The molecule has 0 bridgehead atoms. The van der Waals surface area contributed by atoms with Gasteiger partial charge in [0.2, 0.25) is 0 Å². The highest BCUT2D eigenvalue weighted by Crippen LogP contribution is 2.55. The Bertz CT molecular complexity index is 1270. The van der Waals surface area contributed by atoms with E-state index in [1.807, 2.05) is 0 Å². The molecule has 8 heteroatoms. The molecular formula is C25H20F2N2O3S. The van der Waals surface area contributed by atoms with E-state index in [2.05, 4.69) is 0 Å². The van der Waals surface area contributed by atoms with Gasteiger partial charge in [-0.25, -0.2) is 8.78 Å². The summed E-state index contributed by atoms with van der Waals surface area (Å²) in [6.07, 6.45) is 0. The first-order valence-corrected chi connectivity index (χ1v) is 11.4. The number of anilines is 1. The van der Waals surface area contributed by atoms with Crippen LogP contribution < -0.4 is 9.64 Å². The second-order valence-corrected chi connectivity index (χ2v) is 9.11. The summed E-state index contributed by atoms with van der Waals surface area (Å²) >= 11 is 1.35. The first-order chi connectivity index (χ1) is 16.0. The number of fused-ring (bicyclic) bond motifs is 2. The summed E-state index contributed by atoms with van der Waals surface area (Å²) in [5.74, 6) is -0.637. The minimum Gasteiger partial charge on any atom is -0.497 e. The van der Waals surface area contributed by atoms with E-state index in [4.69, 9.17) is 4.74 Å². The number of benzene rings is 3. The molecule has 3 aromatic rings. The van der Waals surface area contributed by atoms with Crippen molar-refractivity contribution in [1.29, 1.82) is 0 Å². The van der Waals surface area contributed by atoms with Gasteiger partial charge in [-0.2, -0.15) is 0 Å². The number of thioether (sulfide) groups is 1. The van der Waals surface area contributed by atoms with E-state index in [0.717, 1.165) is 0 Å². The molecule has 0 aromatic heterocycles. The monoisotopic (exact) mass is 466 g/mol. The van der Waals surface area contributed by atoms with Gasteiger partial charge in [0.15, 0.2) is 4.87 Å². The highest BCUT2D eigenvalue weighted by molar-refractivity contribution is 8.01. The molecule has 33 heavy (non-hydrogen) atoms. The van der Waals surface area contributed by atoms with Crippen LogP contribution in [0.4, 0.5) is 14.5 Å². The van der Waals surface area contributed by atoms with E-state index < -0.39 is 22.4 Å². The molecule has 1 spiro atoms. The van der Waals surface area contributed by atoms with E-state index in [9.17, 15) is 18.4 Å². The van der Waals surface area contributed by atoms with Crippen LogP contribution in [0.5, 0.6) is 5.75 Å². The van der Waals surface area contributed by atoms with Crippen LogP contribution in [-0.4, -0.2) is 36.1 Å². The molecule has 2 aliphatic rings. The van der Waals surface area contributed by atoms with Crippen molar-refractivity contribution in [2.45, 2.75) is 11.4 Å². The van der Waals surface area contributed by atoms with Crippen LogP contribution in [0.2, 0.25) is 0 Å². The van der Waals surface area contributed by atoms with Gasteiger partial charge in [0.05, 0.1) is 19.3 Å². The Hall–Kier alpha value is -3.39. The molecule has 0 aliphatic carbocycles. The number of methoxy groups -OCH3 is 1. The maximum Gasteiger partial charge on any atom is 0.268 e. The third kappa shape index (κ3) is 3.36. The molecule has 1 atom stereocenters. The van der Waals surface area contributed by atoms with Crippen LogP contribution in [0.25, 0.3) is 0 Å². The molecule has 5 nitrogen and oxygen atoms in total. The normalized spacial score (nSPS) is 19.3. The topological polar surface area (TPSA) is 49.9 Å². The Balaban J connectivity index is 1.63. The van der Waals surface area contributed by atoms with Crippen molar-refractivity contribution in [3.8, 4) is 5.75 Å². The predicted octanol–water partition coefficient (Wildman–Crippen LogP) is 4.56. The molecule has 0 N–H and O–H groups in total. The van der Waals surface area contributed by atoms with Gasteiger partial charge in [0.1, 0.15) is 17.4 Å². The van der Waals surface area contributed by atoms with Crippen molar-refractivity contribution in [2.24, 2.45) is 0 Å². The fourth-order valence-electron chi connectivity index (χ4n) is 4.45. The summed E-state index contributed by atoms with van der Waals surface area (Å²) in [7, 11) is 1.53. The molecule has 0 unspecified atom stereocenters. The number of ether oxygens (including phenoxy) is 1. The number of carbonyl (C=O) groups excluding carboxylic acids is 2. The quantitative estimate of drug-likeness (QED) is 0.566. The molecule has 168 valence electrons. The maximum atomic E-state index is 14.4. The fraction of sp³-hybridized carbons (Fsp3) is 0.200. The molecule has 0 radical (unpaired) electrons. The number of halogens is 2. The van der Waals surface area contributed by atoms with Crippen LogP contribution >= 0.6 is 11.8 Å². The third-order valence-electron chi connectivity index (χ3n) is 6.00. The second-order valence-electron chi connectivity index (χ2n) is 7.83. The zero-order chi connectivity index (χ0) is 23.2. The minimum atomic E-state index is -1.33. The van der Waals surface area contributed by atoms with Gasteiger partial charge in [0.25, 0.3) is 11.8 Å². The van der Waals surface area contributed by atoms with Gasteiger partial charge in [-0.3, -0.25) is 9.59 Å². The molecule has 5 rings (SSSR count). The zero-order valence-electron chi connectivity index (χ0n) is 17.8. The van der Waals surface area contributed by atoms with Gasteiger partial charge < -0.3 is 14.5 Å². The fourth-order valence-corrected chi connectivity index (χ4v) is 5.90. The van der Waals surface area contributed by atoms with Crippen molar-refractivity contribution < 1.29 is 23.1 Å². The maximum absolute atomic E-state index is 14.4. The lowest BCUT2D eigenvalue weighted by atomic mass is 10.0. The van der Waals surface area contributed by atoms with Gasteiger partial charge in [-0.1, -0.05) is 24.3 Å². The van der Waals surface area contributed by atoms with Gasteiger partial charge in [0, 0.05) is 29.0 Å². The second kappa shape index (κ2) is 8.19. The molecule has 3 aromatic carbocycles. The Kier molecular flexibility index (Phi) is 5.32. The summed E-state index contributed by atoms with van der Waals surface area (Å²) in [5.41, 5.74) is 1.74. The van der Waals surface area contributed by atoms with Gasteiger partial charge in [-0.05, 0) is 42.5 Å². The minimum absolute atomic E-state index is 0.0230. The molecule has 1 fully saturated rings. The third-order valence-corrected chi connectivity index (χ3v) is 7.42. The van der Waals surface area contributed by atoms with E-state index in [-0.39, 0.29) is 18.0 Å². The Morgan fingerprint density at radius 3 is 2.67 bits per heavy atom. The highest BCUT2D eigenvalue weighted by Gasteiger charge is 2.59. The molecule has 1 saturated heterocycles. The average molecular weight is 467 g/mol. The number of nitrogens with zero attached hydrogens (tertiary/aromatic N) is 2. The van der Waals surface area contributed by atoms with E-state index in [1.165, 1.54) is 59.0 Å². The smallest absolute Gasteiger partial charge is 0.268 e. The first kappa shape index (κ1) is 21.5. The van der Waals surface area contributed by atoms with Crippen molar-refractivity contribution in [3.05, 3.63) is 95.1 Å². The van der Waals surface area contributed by atoms with E-state index in [0.29, 0.717) is 34.9 Å². The largest absolute Gasteiger partial charge is 0.497 e. The molecule has 2 heterocycles. The van der Waals surface area contributed by atoms with Crippen LogP contribution in [-0.2, 0) is 16.2 Å². The van der Waals surface area contributed by atoms with Gasteiger partial charge in [-0.15, -0.1) is 11.8 Å². The zero-order valence-corrected chi connectivity index (χ0v) is 18.6. The summed E-state index contributed by atoms with van der Waals surface area (Å²) in [5, 5.41) is 0. The predicted molar refractivity (Wildman–Crippen MR) is 122 cm³/mol. The molecule has 0 saturated carbocycles. The number of hydrogen-bond donors (Lipinski definition) is 0. The number of amides is 2. The Labute approximate surface area is 193 Å². The lowest BCUT2D eigenvalue weighted by Gasteiger charge is -2.33. The summed E-state index contributed by atoms with van der Waals surface area (Å²) in [6, 6.07) is 17.0. The number of rotatable bonds is 4. The van der Waals surface area contributed by atoms with Crippen molar-refractivity contribution in [2.75, 3.05) is 24.3 Å². The van der Waals surface area contributed by atoms with Gasteiger partial charge >= 0.3 is 0 Å². The van der Waals surface area contributed by atoms with Crippen molar-refractivity contribution in [3.63, 3.8) is 0 Å². The molecule has 2 aliphatic heterocycles. The van der Waals surface area contributed by atoms with Crippen LogP contribution in [0, 0.1) is 11.6 Å². The summed E-state index contributed by atoms with van der Waals surface area (Å²) in [6.45, 7) is 0.338. The summed E-state index contributed by atoms with van der Waals surface area (Å²) in [4.78, 5) is 29.1. The molecular weight excluding hydrogens is 446 g/mol. The standard InChI is InChI=1S/C25H20F2N2O3S/c1-32-19-9-10-22-20(14-19)25(24(31)28(22)15-17-5-2-3-8-21(17)27)29(11-12-33-25)23(30)16-6-4-7-18(26)13-16/h2-10,13-14H,11-12,15H2,1H3/t25-/m1/s1. The van der Waals surface area contributed by atoms with Crippen molar-refractivity contribution >= 4 is 29.3 Å². The SMILES string of the molecule is COc1ccc2c(c1)[C@@]1(SCCN1C(=O)c1cccc(F)c1)C(=O)N2Cc1ccccc1F. The lowest BCUT2D eigenvalue weighted by molar-refractivity contribution is -0.123. The van der Waals surface area contributed by atoms with Crippen LogP contribution in [0.1, 0.15) is 21.5 Å². The highest BCUT2D eigenvalue weighted by atomic mass is 32.2. The molecule has 2 amide bonds.